The van der Waals surface area contributed by atoms with Gasteiger partial charge in [0.2, 0.25) is 0 Å². The van der Waals surface area contributed by atoms with Crippen LogP contribution in [0.1, 0.15) is 31.4 Å². The Labute approximate surface area is 132 Å². The summed E-state index contributed by atoms with van der Waals surface area (Å²) < 4.78 is 33.6. The average molecular weight is 320 g/mol. The average Bonchev–Trinajstić information content (AvgIpc) is 3.34. The molecule has 0 amide bonds. The molecule has 3 rings (SSSR count). The zero-order chi connectivity index (χ0) is 16.4. The van der Waals surface area contributed by atoms with Crippen LogP contribution < -0.4 is 10.3 Å². The van der Waals surface area contributed by atoms with E-state index in [0.29, 0.717) is 22.7 Å². The number of H-pyrrole nitrogens is 1. The number of alkyl halides is 2. The van der Waals surface area contributed by atoms with Crippen molar-refractivity contribution in [2.24, 2.45) is 5.92 Å². The summed E-state index contributed by atoms with van der Waals surface area (Å²) in [5, 5.41) is 0. The van der Waals surface area contributed by atoms with Gasteiger partial charge in [0, 0.05) is 12.5 Å². The predicted octanol–water partition coefficient (Wildman–Crippen LogP) is 3.77. The van der Waals surface area contributed by atoms with Gasteiger partial charge in [-0.1, -0.05) is 12.2 Å². The summed E-state index contributed by atoms with van der Waals surface area (Å²) in [5.74, 6) is -2.11. The Bertz CT molecular complexity index is 795. The lowest BCUT2D eigenvalue weighted by Crippen LogP contribution is -2.26. The fourth-order valence-electron chi connectivity index (χ4n) is 2.41. The number of allylic oxidation sites excluding steroid dienone is 2. The van der Waals surface area contributed by atoms with Crippen LogP contribution in [0.2, 0.25) is 0 Å². The summed E-state index contributed by atoms with van der Waals surface area (Å²) in [6.07, 6.45) is 5.88. The standard InChI is InChI=1S/C17H18F2N2O2/c1-23-12-7-8-13-14(10-12)21-16(22)15(20-13)17(18,19)9-3-2-4-11-5-6-11/h2-3,7-8,10-11H,4-6,9H2,1H3,(H,21,22)/b3-2+. The van der Waals surface area contributed by atoms with Crippen molar-refractivity contribution >= 4 is 11.0 Å². The van der Waals surface area contributed by atoms with Crippen LogP contribution in [0.25, 0.3) is 11.0 Å². The van der Waals surface area contributed by atoms with E-state index in [4.69, 9.17) is 4.74 Å². The lowest BCUT2D eigenvalue weighted by atomic mass is 10.1. The molecule has 1 aromatic carbocycles. The van der Waals surface area contributed by atoms with Crippen molar-refractivity contribution in [3.8, 4) is 5.75 Å². The van der Waals surface area contributed by atoms with Crippen LogP contribution in [0.4, 0.5) is 8.78 Å². The molecule has 0 radical (unpaired) electrons. The second-order valence-electron chi connectivity index (χ2n) is 5.86. The fraction of sp³-hybridized carbons (Fsp3) is 0.412. The molecule has 2 aromatic rings. The van der Waals surface area contributed by atoms with Gasteiger partial charge >= 0.3 is 0 Å². The summed E-state index contributed by atoms with van der Waals surface area (Å²) in [6.45, 7) is 0. The number of benzene rings is 1. The summed E-state index contributed by atoms with van der Waals surface area (Å²) in [5.41, 5.74) is -0.933. The number of rotatable bonds is 6. The number of hydrogen-bond acceptors (Lipinski definition) is 3. The van der Waals surface area contributed by atoms with Crippen LogP contribution in [-0.4, -0.2) is 17.1 Å². The topological polar surface area (TPSA) is 55.0 Å². The second-order valence-corrected chi connectivity index (χ2v) is 5.86. The monoisotopic (exact) mass is 320 g/mol. The molecule has 0 atom stereocenters. The van der Waals surface area contributed by atoms with Gasteiger partial charge in [-0.15, -0.1) is 0 Å². The number of ether oxygens (including phenoxy) is 1. The third-order valence-electron chi connectivity index (χ3n) is 3.95. The molecule has 122 valence electrons. The van der Waals surface area contributed by atoms with Gasteiger partial charge in [0.05, 0.1) is 18.1 Å². The molecule has 4 nitrogen and oxygen atoms in total. The minimum atomic E-state index is -3.29. The highest BCUT2D eigenvalue weighted by atomic mass is 19.3. The molecule has 23 heavy (non-hydrogen) atoms. The number of fused-ring (bicyclic) bond motifs is 1. The molecule has 1 fully saturated rings. The van der Waals surface area contributed by atoms with Gasteiger partial charge in [-0.2, -0.15) is 8.78 Å². The molecule has 0 bridgehead atoms. The number of nitrogens with one attached hydrogen (secondary N) is 1. The minimum absolute atomic E-state index is 0.307. The quantitative estimate of drug-likeness (QED) is 0.824. The number of aromatic amines is 1. The lowest BCUT2D eigenvalue weighted by Gasteiger charge is -2.13. The van der Waals surface area contributed by atoms with Crippen molar-refractivity contribution in [3.63, 3.8) is 0 Å². The Morgan fingerprint density at radius 3 is 2.87 bits per heavy atom. The highest BCUT2D eigenvalue weighted by Gasteiger charge is 2.35. The first-order chi connectivity index (χ1) is 11.0. The molecular formula is C17H18F2N2O2. The van der Waals surface area contributed by atoms with Crippen molar-refractivity contribution < 1.29 is 13.5 Å². The number of hydrogen-bond donors (Lipinski definition) is 1. The number of nitrogens with zero attached hydrogens (tertiary/aromatic N) is 1. The first-order valence-corrected chi connectivity index (χ1v) is 7.61. The van der Waals surface area contributed by atoms with Crippen LogP contribution in [-0.2, 0) is 5.92 Å². The molecule has 1 heterocycles. The maximum atomic E-state index is 14.3. The van der Waals surface area contributed by atoms with E-state index in [1.165, 1.54) is 26.0 Å². The largest absolute Gasteiger partial charge is 0.497 e. The van der Waals surface area contributed by atoms with Gasteiger partial charge in [-0.3, -0.25) is 4.79 Å². The van der Waals surface area contributed by atoms with Gasteiger partial charge in [-0.05, 0) is 37.3 Å². The smallest absolute Gasteiger partial charge is 0.298 e. The van der Waals surface area contributed by atoms with E-state index in [1.807, 2.05) is 0 Å². The van der Waals surface area contributed by atoms with E-state index in [0.717, 1.165) is 6.42 Å². The van der Waals surface area contributed by atoms with E-state index in [2.05, 4.69) is 9.97 Å². The Balaban J connectivity index is 1.86. The SMILES string of the molecule is COc1ccc2nc(C(F)(F)C/C=C/CC3CC3)c(=O)[nH]c2c1. The van der Waals surface area contributed by atoms with Gasteiger partial charge in [0.25, 0.3) is 11.5 Å². The van der Waals surface area contributed by atoms with E-state index in [1.54, 1.807) is 24.3 Å². The Morgan fingerprint density at radius 1 is 1.39 bits per heavy atom. The predicted molar refractivity (Wildman–Crippen MR) is 83.9 cm³/mol. The second kappa shape index (κ2) is 6.10. The zero-order valence-electron chi connectivity index (χ0n) is 12.8. The van der Waals surface area contributed by atoms with Gasteiger partial charge in [-0.25, -0.2) is 4.98 Å². The van der Waals surface area contributed by atoms with E-state index in [9.17, 15) is 13.6 Å². The molecule has 6 heteroatoms. The van der Waals surface area contributed by atoms with E-state index >= 15 is 0 Å². The first kappa shape index (κ1) is 15.6. The number of methoxy groups -OCH3 is 1. The zero-order valence-corrected chi connectivity index (χ0v) is 12.8. The first-order valence-electron chi connectivity index (χ1n) is 7.61. The third kappa shape index (κ3) is 3.57. The fourth-order valence-corrected chi connectivity index (χ4v) is 2.41. The van der Waals surface area contributed by atoms with Gasteiger partial charge in [0.15, 0.2) is 5.69 Å². The van der Waals surface area contributed by atoms with Crippen molar-refractivity contribution in [2.45, 2.75) is 31.6 Å². The van der Waals surface area contributed by atoms with E-state index in [-0.39, 0.29) is 0 Å². The Morgan fingerprint density at radius 2 is 2.17 bits per heavy atom. The highest BCUT2D eigenvalue weighted by molar-refractivity contribution is 5.75. The summed E-state index contributed by atoms with van der Waals surface area (Å²) in [4.78, 5) is 18.3. The molecule has 0 aliphatic heterocycles. The van der Waals surface area contributed by atoms with Crippen LogP contribution >= 0.6 is 0 Å². The third-order valence-corrected chi connectivity index (χ3v) is 3.95. The number of halogens is 2. The molecule has 1 aromatic heterocycles. The summed E-state index contributed by atoms with van der Waals surface area (Å²) in [6, 6.07) is 4.72. The van der Waals surface area contributed by atoms with Crippen LogP contribution in [0.15, 0.2) is 35.1 Å². The van der Waals surface area contributed by atoms with Gasteiger partial charge in [0.1, 0.15) is 5.75 Å². The lowest BCUT2D eigenvalue weighted by molar-refractivity contribution is -0.00677. The highest BCUT2D eigenvalue weighted by Crippen LogP contribution is 2.34. The molecule has 1 N–H and O–H groups in total. The van der Waals surface area contributed by atoms with Crippen molar-refractivity contribution in [1.82, 2.24) is 9.97 Å². The van der Waals surface area contributed by atoms with Crippen molar-refractivity contribution in [1.29, 1.82) is 0 Å². The molecule has 1 aliphatic rings. The van der Waals surface area contributed by atoms with Gasteiger partial charge < -0.3 is 9.72 Å². The maximum absolute atomic E-state index is 14.3. The van der Waals surface area contributed by atoms with Crippen LogP contribution in [0.3, 0.4) is 0 Å². The maximum Gasteiger partial charge on any atom is 0.298 e. The molecule has 0 spiro atoms. The van der Waals surface area contributed by atoms with Crippen molar-refractivity contribution in [2.75, 3.05) is 7.11 Å². The molecule has 1 saturated carbocycles. The van der Waals surface area contributed by atoms with E-state index < -0.39 is 23.6 Å². The normalized spacial score (nSPS) is 15.4. The van der Waals surface area contributed by atoms with Crippen molar-refractivity contribution in [3.05, 3.63) is 46.4 Å². The molecular weight excluding hydrogens is 302 g/mol. The summed E-state index contributed by atoms with van der Waals surface area (Å²) >= 11 is 0. The molecule has 0 saturated heterocycles. The Hall–Kier alpha value is -2.24. The number of aromatic nitrogens is 2. The molecule has 0 unspecified atom stereocenters. The Kier molecular flexibility index (Phi) is 4.15. The van der Waals surface area contributed by atoms with Crippen LogP contribution in [0, 0.1) is 5.92 Å². The molecule has 1 aliphatic carbocycles. The minimum Gasteiger partial charge on any atom is -0.497 e. The van der Waals surface area contributed by atoms with Crippen LogP contribution in [0.5, 0.6) is 5.75 Å². The summed E-state index contributed by atoms with van der Waals surface area (Å²) in [7, 11) is 1.49.